The van der Waals surface area contributed by atoms with Crippen molar-refractivity contribution in [3.8, 4) is 0 Å². The van der Waals surface area contributed by atoms with E-state index < -0.39 is 63.1 Å². The SMILES string of the molecule is CCCCCCCC/C=C\CCCCCCCCCCCCOCC(COP(=O)(O)OC1C(O)C(O)C(O)C(O)C1O)OC(=O)CCCCCCC/C=C\CCCCCCCC. The highest BCUT2D eigenvalue weighted by Crippen LogP contribution is 2.47. The molecule has 0 spiro atoms. The summed E-state index contributed by atoms with van der Waals surface area (Å²) < 4.78 is 34.3. The molecule has 0 radical (unpaired) electrons. The predicted octanol–water partition coefficient (Wildman–Crippen LogP) is 10.9. The molecule has 6 atom stereocenters. The molecule has 12 nitrogen and oxygen atoms in total. The van der Waals surface area contributed by atoms with Gasteiger partial charge < -0.3 is 39.9 Å². The second-order valence-electron chi connectivity index (χ2n) is 17.7. The minimum atomic E-state index is -5.02. The molecule has 366 valence electrons. The van der Waals surface area contributed by atoms with Gasteiger partial charge in [0.2, 0.25) is 0 Å². The van der Waals surface area contributed by atoms with E-state index in [0.29, 0.717) is 13.0 Å². The fourth-order valence-electron chi connectivity index (χ4n) is 7.76. The third-order valence-electron chi connectivity index (χ3n) is 11.8. The topological polar surface area (TPSA) is 192 Å². The van der Waals surface area contributed by atoms with Crippen molar-refractivity contribution in [1.82, 2.24) is 0 Å². The molecule has 0 heterocycles. The lowest BCUT2D eigenvalue weighted by molar-refractivity contribution is -0.220. The first kappa shape index (κ1) is 58.8. The summed E-state index contributed by atoms with van der Waals surface area (Å²) in [5, 5.41) is 50.2. The van der Waals surface area contributed by atoms with Crippen LogP contribution in [0.3, 0.4) is 0 Å². The van der Waals surface area contributed by atoms with E-state index in [-0.39, 0.29) is 13.0 Å². The Labute approximate surface area is 377 Å². The molecule has 0 aromatic heterocycles. The quantitative estimate of drug-likeness (QED) is 0.0147. The summed E-state index contributed by atoms with van der Waals surface area (Å²) in [4.78, 5) is 23.2. The standard InChI is InChI=1S/C49H93O12P/c1-3-5-7-9-11-13-15-17-19-20-21-22-23-25-27-29-31-33-35-37-39-58-40-42(41-59-62(56,57)61-49-47(54)45(52)44(51)46(53)48(49)55)60-43(50)38-36-34-32-30-28-26-24-18-16-14-12-10-8-6-4-2/h17-19,24,42,44-49,51-55H,3-16,20-23,25-41H2,1-2H3,(H,56,57)/b19-17-,24-18-. The van der Waals surface area contributed by atoms with Crippen LogP contribution in [0.1, 0.15) is 219 Å². The summed E-state index contributed by atoms with van der Waals surface area (Å²) in [5.41, 5.74) is 0. The Bertz CT molecular complexity index is 1120. The second kappa shape index (κ2) is 40.1. The highest BCUT2D eigenvalue weighted by atomic mass is 31.2. The Morgan fingerprint density at radius 1 is 0.500 bits per heavy atom. The van der Waals surface area contributed by atoms with Crippen molar-refractivity contribution in [3.05, 3.63) is 24.3 Å². The van der Waals surface area contributed by atoms with Gasteiger partial charge in [-0.25, -0.2) is 4.57 Å². The predicted molar refractivity (Wildman–Crippen MR) is 249 cm³/mol. The van der Waals surface area contributed by atoms with Crippen LogP contribution in [0.15, 0.2) is 24.3 Å². The number of phosphoric ester groups is 1. The number of carbonyl (C=O) groups is 1. The van der Waals surface area contributed by atoms with Crippen LogP contribution in [-0.2, 0) is 27.9 Å². The molecule has 0 saturated heterocycles. The smallest absolute Gasteiger partial charge is 0.457 e. The van der Waals surface area contributed by atoms with Gasteiger partial charge in [0.05, 0.1) is 13.2 Å². The largest absolute Gasteiger partial charge is 0.472 e. The van der Waals surface area contributed by atoms with Crippen LogP contribution < -0.4 is 0 Å². The molecule has 0 bridgehead atoms. The summed E-state index contributed by atoms with van der Waals surface area (Å²) in [7, 11) is -5.02. The van der Waals surface area contributed by atoms with Gasteiger partial charge in [-0.1, -0.05) is 173 Å². The molecule has 0 amide bonds. The zero-order valence-electron chi connectivity index (χ0n) is 39.2. The molecular weight excluding hydrogens is 812 g/mol. The van der Waals surface area contributed by atoms with Crippen molar-refractivity contribution < 1.29 is 58.3 Å². The van der Waals surface area contributed by atoms with E-state index in [1.807, 2.05) is 0 Å². The number of phosphoric acid groups is 1. The highest BCUT2D eigenvalue weighted by molar-refractivity contribution is 7.47. The Kier molecular flexibility index (Phi) is 38.1. The maximum atomic E-state index is 12.8. The van der Waals surface area contributed by atoms with Gasteiger partial charge in [-0.15, -0.1) is 0 Å². The zero-order chi connectivity index (χ0) is 45.5. The van der Waals surface area contributed by atoms with E-state index in [2.05, 4.69) is 38.2 Å². The van der Waals surface area contributed by atoms with Crippen LogP contribution >= 0.6 is 7.82 Å². The monoisotopic (exact) mass is 905 g/mol. The van der Waals surface area contributed by atoms with Gasteiger partial charge in [-0.3, -0.25) is 13.8 Å². The molecule has 6 N–H and O–H groups in total. The molecule has 0 aromatic rings. The minimum Gasteiger partial charge on any atom is -0.457 e. The Hall–Kier alpha value is -1.18. The summed E-state index contributed by atoms with van der Waals surface area (Å²) in [6.07, 6.45) is 33.9. The Balaban J connectivity index is 2.34. The molecular formula is C49H93O12P. The molecule has 0 aromatic carbocycles. The summed E-state index contributed by atoms with van der Waals surface area (Å²) in [6, 6.07) is 0. The zero-order valence-corrected chi connectivity index (χ0v) is 40.1. The normalized spacial score (nSPS) is 22.1. The van der Waals surface area contributed by atoms with Crippen LogP contribution in [0, 0.1) is 0 Å². The van der Waals surface area contributed by atoms with E-state index in [1.165, 1.54) is 135 Å². The third kappa shape index (κ3) is 31.7. The fourth-order valence-corrected chi connectivity index (χ4v) is 8.73. The molecule has 1 rings (SSSR count). The average molecular weight is 905 g/mol. The van der Waals surface area contributed by atoms with Crippen LogP contribution in [0.25, 0.3) is 0 Å². The number of allylic oxidation sites excluding steroid dienone is 4. The van der Waals surface area contributed by atoms with Crippen LogP contribution in [0.2, 0.25) is 0 Å². The lowest BCUT2D eigenvalue weighted by atomic mass is 9.85. The first-order chi connectivity index (χ1) is 30.0. The molecule has 0 aliphatic heterocycles. The Morgan fingerprint density at radius 3 is 1.27 bits per heavy atom. The molecule has 6 unspecified atom stereocenters. The maximum Gasteiger partial charge on any atom is 0.472 e. The van der Waals surface area contributed by atoms with Gasteiger partial charge in [-0.05, 0) is 64.2 Å². The lowest BCUT2D eigenvalue weighted by Gasteiger charge is -2.41. The summed E-state index contributed by atoms with van der Waals surface area (Å²) in [5.74, 6) is -0.484. The number of carbonyl (C=O) groups excluding carboxylic acids is 1. The third-order valence-corrected chi connectivity index (χ3v) is 12.8. The number of hydrogen-bond donors (Lipinski definition) is 6. The van der Waals surface area contributed by atoms with Gasteiger partial charge in [0, 0.05) is 13.0 Å². The average Bonchev–Trinajstić information content (AvgIpc) is 3.26. The van der Waals surface area contributed by atoms with E-state index in [0.717, 1.165) is 57.8 Å². The van der Waals surface area contributed by atoms with Gasteiger partial charge in [0.15, 0.2) is 0 Å². The van der Waals surface area contributed by atoms with Gasteiger partial charge in [0.25, 0.3) is 0 Å². The van der Waals surface area contributed by atoms with Crippen molar-refractivity contribution in [2.24, 2.45) is 0 Å². The summed E-state index contributed by atoms with van der Waals surface area (Å²) >= 11 is 0. The molecule has 13 heteroatoms. The van der Waals surface area contributed by atoms with Crippen LogP contribution in [0.4, 0.5) is 0 Å². The molecule has 1 saturated carbocycles. The number of unbranched alkanes of at least 4 members (excludes halogenated alkanes) is 27. The molecule has 1 fully saturated rings. The fraction of sp³-hybridized carbons (Fsp3) is 0.898. The number of hydrogen-bond acceptors (Lipinski definition) is 11. The highest BCUT2D eigenvalue weighted by Gasteiger charge is 2.51. The van der Waals surface area contributed by atoms with Crippen molar-refractivity contribution in [2.75, 3.05) is 19.8 Å². The van der Waals surface area contributed by atoms with Gasteiger partial charge in [0.1, 0.15) is 42.7 Å². The summed E-state index contributed by atoms with van der Waals surface area (Å²) in [6.45, 7) is 4.26. The first-order valence-electron chi connectivity index (χ1n) is 25.2. The second-order valence-corrected chi connectivity index (χ2v) is 19.1. The number of ether oxygens (including phenoxy) is 2. The van der Waals surface area contributed by atoms with Gasteiger partial charge in [-0.2, -0.15) is 0 Å². The van der Waals surface area contributed by atoms with E-state index in [1.54, 1.807) is 0 Å². The van der Waals surface area contributed by atoms with Crippen molar-refractivity contribution in [1.29, 1.82) is 0 Å². The van der Waals surface area contributed by atoms with Gasteiger partial charge >= 0.3 is 13.8 Å². The first-order valence-corrected chi connectivity index (χ1v) is 26.7. The van der Waals surface area contributed by atoms with Crippen LogP contribution in [-0.4, -0.2) is 98.9 Å². The maximum absolute atomic E-state index is 12.8. The molecule has 1 aliphatic carbocycles. The number of rotatable bonds is 43. The molecule has 62 heavy (non-hydrogen) atoms. The molecule has 1 aliphatic rings. The number of esters is 1. The van der Waals surface area contributed by atoms with Crippen molar-refractivity contribution >= 4 is 13.8 Å². The van der Waals surface area contributed by atoms with Crippen molar-refractivity contribution in [3.63, 3.8) is 0 Å². The van der Waals surface area contributed by atoms with E-state index in [9.17, 15) is 39.8 Å². The number of aliphatic hydroxyl groups excluding tert-OH is 5. The van der Waals surface area contributed by atoms with E-state index >= 15 is 0 Å². The van der Waals surface area contributed by atoms with E-state index in [4.69, 9.17) is 18.5 Å². The van der Waals surface area contributed by atoms with Crippen LogP contribution in [0.5, 0.6) is 0 Å². The minimum absolute atomic E-state index is 0.0780. The van der Waals surface area contributed by atoms with Crippen molar-refractivity contribution in [2.45, 2.75) is 262 Å². The lowest BCUT2D eigenvalue weighted by Crippen LogP contribution is -2.64. The Morgan fingerprint density at radius 2 is 0.855 bits per heavy atom. The number of aliphatic hydroxyl groups is 5.